The van der Waals surface area contributed by atoms with Crippen molar-refractivity contribution < 1.29 is 24.3 Å². The van der Waals surface area contributed by atoms with E-state index in [4.69, 9.17) is 0 Å². The van der Waals surface area contributed by atoms with E-state index in [1.54, 1.807) is 31.2 Å². The van der Waals surface area contributed by atoms with Crippen LogP contribution in [0.3, 0.4) is 0 Å². The van der Waals surface area contributed by atoms with Crippen LogP contribution >= 0.6 is 0 Å². The zero-order chi connectivity index (χ0) is 20.1. The van der Waals surface area contributed by atoms with Crippen LogP contribution in [0.1, 0.15) is 27.2 Å². The van der Waals surface area contributed by atoms with Crippen LogP contribution in [0.25, 0.3) is 0 Å². The van der Waals surface area contributed by atoms with Gasteiger partial charge in [-0.15, -0.1) is 0 Å². The maximum absolute atomic E-state index is 12.8. The molecule has 4 amide bonds. The number of carbonyl (C=O) groups is 4. The zero-order valence-corrected chi connectivity index (χ0v) is 15.4. The van der Waals surface area contributed by atoms with Crippen LogP contribution in [0.4, 0.5) is 16.2 Å². The number of carboxylic acid groups (broad SMARTS) is 1. The van der Waals surface area contributed by atoms with Crippen molar-refractivity contribution in [1.29, 1.82) is 0 Å². The van der Waals surface area contributed by atoms with Gasteiger partial charge in [-0.25, -0.2) is 4.79 Å². The van der Waals surface area contributed by atoms with Gasteiger partial charge in [0.25, 0.3) is 0 Å². The van der Waals surface area contributed by atoms with E-state index >= 15 is 0 Å². The molecule has 0 unspecified atom stereocenters. The van der Waals surface area contributed by atoms with Crippen molar-refractivity contribution in [3.8, 4) is 0 Å². The Morgan fingerprint density at radius 1 is 1.22 bits per heavy atom. The number of rotatable bonds is 6. The zero-order valence-electron chi connectivity index (χ0n) is 15.4. The van der Waals surface area contributed by atoms with Crippen LogP contribution < -0.4 is 26.0 Å². The third-order valence-corrected chi connectivity index (χ3v) is 4.50. The number of benzene rings is 1. The molecule has 9 heteroatoms. The number of anilines is 2. The number of hydrogen-bond acceptors (Lipinski definition) is 5. The summed E-state index contributed by atoms with van der Waals surface area (Å²) in [5, 5.41) is 18.5. The molecule has 1 aliphatic rings. The van der Waals surface area contributed by atoms with E-state index in [9.17, 15) is 24.3 Å². The van der Waals surface area contributed by atoms with Gasteiger partial charge in [-0.1, -0.05) is 32.4 Å². The van der Waals surface area contributed by atoms with Gasteiger partial charge in [0.2, 0.25) is 11.8 Å². The first-order valence-corrected chi connectivity index (χ1v) is 8.72. The number of carbonyl (C=O) groups excluding carboxylic acids is 4. The van der Waals surface area contributed by atoms with Crippen molar-refractivity contribution in [3.63, 3.8) is 0 Å². The Morgan fingerprint density at radius 2 is 1.89 bits per heavy atom. The SMILES string of the molecule is CC[C@H](C)[C@H](NC(=O)N1CC(=O)Nc2ccccc21)C(=O)N[C@@H](C)C(=O)[O-]. The van der Waals surface area contributed by atoms with Crippen molar-refractivity contribution in [2.45, 2.75) is 39.3 Å². The highest BCUT2D eigenvalue weighted by Crippen LogP contribution is 2.29. The number of urea groups is 1. The molecule has 146 valence electrons. The Morgan fingerprint density at radius 3 is 2.52 bits per heavy atom. The molecule has 1 heterocycles. The quantitative estimate of drug-likeness (QED) is 0.635. The topological polar surface area (TPSA) is 131 Å². The summed E-state index contributed by atoms with van der Waals surface area (Å²) >= 11 is 0. The van der Waals surface area contributed by atoms with Crippen molar-refractivity contribution in [2.75, 3.05) is 16.8 Å². The highest BCUT2D eigenvalue weighted by atomic mass is 16.4. The number of aliphatic carboxylic acids is 1. The molecule has 27 heavy (non-hydrogen) atoms. The molecule has 0 radical (unpaired) electrons. The number of carboxylic acids is 1. The van der Waals surface area contributed by atoms with Gasteiger partial charge in [-0.05, 0) is 25.0 Å². The number of nitrogens with zero attached hydrogens (tertiary/aromatic N) is 1. The van der Waals surface area contributed by atoms with Crippen LogP contribution in [0.2, 0.25) is 0 Å². The van der Waals surface area contributed by atoms with Crippen molar-refractivity contribution in [3.05, 3.63) is 24.3 Å². The molecule has 3 atom stereocenters. The third kappa shape index (κ3) is 4.75. The lowest BCUT2D eigenvalue weighted by Gasteiger charge is -2.32. The Labute approximate surface area is 157 Å². The van der Waals surface area contributed by atoms with Crippen molar-refractivity contribution >= 4 is 35.2 Å². The van der Waals surface area contributed by atoms with Crippen LogP contribution in [0.5, 0.6) is 0 Å². The van der Waals surface area contributed by atoms with Gasteiger partial charge in [-0.2, -0.15) is 0 Å². The van der Waals surface area contributed by atoms with E-state index in [-0.39, 0.29) is 18.4 Å². The summed E-state index contributed by atoms with van der Waals surface area (Å²) in [6.45, 7) is 4.72. The lowest BCUT2D eigenvalue weighted by molar-refractivity contribution is -0.307. The fourth-order valence-corrected chi connectivity index (χ4v) is 2.69. The predicted octanol–water partition coefficient (Wildman–Crippen LogP) is -0.176. The second kappa shape index (κ2) is 8.52. The second-order valence-electron chi connectivity index (χ2n) is 6.51. The molecule has 9 nitrogen and oxygen atoms in total. The van der Waals surface area contributed by atoms with Crippen molar-refractivity contribution in [2.24, 2.45) is 5.92 Å². The fourth-order valence-electron chi connectivity index (χ4n) is 2.69. The van der Waals surface area contributed by atoms with Gasteiger partial charge >= 0.3 is 6.03 Å². The molecule has 0 spiro atoms. The Bertz CT molecular complexity index is 751. The van der Waals surface area contributed by atoms with E-state index in [1.165, 1.54) is 11.8 Å². The predicted molar refractivity (Wildman–Crippen MR) is 96.8 cm³/mol. The molecule has 1 aromatic rings. The molecule has 0 fully saturated rings. The molecule has 0 bridgehead atoms. The van der Waals surface area contributed by atoms with Gasteiger partial charge in [0.1, 0.15) is 12.6 Å². The summed E-state index contributed by atoms with van der Waals surface area (Å²) in [5.41, 5.74) is 1.01. The fraction of sp³-hybridized carbons (Fsp3) is 0.444. The molecule has 0 aromatic heterocycles. The summed E-state index contributed by atoms with van der Waals surface area (Å²) in [4.78, 5) is 49.3. The highest BCUT2D eigenvalue weighted by molar-refractivity contribution is 6.10. The number of hydrogen-bond donors (Lipinski definition) is 3. The van der Waals surface area contributed by atoms with Crippen LogP contribution in [0, 0.1) is 5.92 Å². The minimum atomic E-state index is -1.42. The number of para-hydroxylation sites is 2. The largest absolute Gasteiger partial charge is 0.548 e. The first kappa shape index (κ1) is 20.2. The molecular weight excluding hydrogens is 352 g/mol. The lowest BCUT2D eigenvalue weighted by atomic mass is 9.98. The van der Waals surface area contributed by atoms with E-state index in [2.05, 4.69) is 16.0 Å². The van der Waals surface area contributed by atoms with Gasteiger partial charge in [0.05, 0.1) is 23.4 Å². The molecule has 1 aromatic carbocycles. The van der Waals surface area contributed by atoms with Crippen molar-refractivity contribution in [1.82, 2.24) is 10.6 Å². The average Bonchev–Trinajstić information content (AvgIpc) is 2.64. The second-order valence-corrected chi connectivity index (χ2v) is 6.51. The van der Waals surface area contributed by atoms with Crippen LogP contribution in [-0.2, 0) is 14.4 Å². The monoisotopic (exact) mass is 375 g/mol. The first-order valence-electron chi connectivity index (χ1n) is 8.72. The summed E-state index contributed by atoms with van der Waals surface area (Å²) < 4.78 is 0. The average molecular weight is 375 g/mol. The molecule has 2 rings (SSSR count). The van der Waals surface area contributed by atoms with E-state index in [0.717, 1.165) is 0 Å². The standard InChI is InChI=1S/C18H24N4O5/c1-4-10(2)15(16(24)19-11(3)17(25)26)21-18(27)22-9-14(23)20-12-7-5-6-8-13(12)22/h5-8,10-11,15H,4,9H2,1-3H3,(H,19,24)(H,20,23)(H,21,27)(H,25,26)/p-1/t10-,11-,15-/m0/s1. The minimum Gasteiger partial charge on any atom is -0.548 e. The molecule has 0 saturated heterocycles. The van der Waals surface area contributed by atoms with Gasteiger partial charge in [0.15, 0.2) is 0 Å². The third-order valence-electron chi connectivity index (χ3n) is 4.50. The van der Waals surface area contributed by atoms with E-state index in [0.29, 0.717) is 17.8 Å². The number of nitrogens with one attached hydrogen (secondary N) is 3. The minimum absolute atomic E-state index is 0.187. The van der Waals surface area contributed by atoms with Gasteiger partial charge < -0.3 is 25.9 Å². The molecule has 0 aliphatic carbocycles. The molecular formula is C18H23N4O5-. The van der Waals surface area contributed by atoms with Gasteiger partial charge in [-0.3, -0.25) is 14.5 Å². The highest BCUT2D eigenvalue weighted by Gasteiger charge is 2.32. The number of fused-ring (bicyclic) bond motifs is 1. The van der Waals surface area contributed by atoms with E-state index in [1.807, 2.05) is 6.92 Å². The van der Waals surface area contributed by atoms with E-state index < -0.39 is 30.0 Å². The molecule has 0 saturated carbocycles. The van der Waals surface area contributed by atoms with Crippen LogP contribution in [-0.4, -0.2) is 42.4 Å². The normalized spacial score (nSPS) is 16.4. The number of amides is 4. The maximum Gasteiger partial charge on any atom is 0.323 e. The maximum atomic E-state index is 12.8. The Hall–Kier alpha value is -3.10. The summed E-state index contributed by atoms with van der Waals surface area (Å²) in [5.74, 6) is -2.64. The first-order chi connectivity index (χ1) is 12.7. The van der Waals surface area contributed by atoms with Gasteiger partial charge in [0, 0.05) is 0 Å². The summed E-state index contributed by atoms with van der Waals surface area (Å²) in [6.07, 6.45) is 0.579. The Kier molecular flexibility index (Phi) is 6.38. The Balaban J connectivity index is 2.20. The summed E-state index contributed by atoms with van der Waals surface area (Å²) in [7, 11) is 0. The lowest BCUT2D eigenvalue weighted by Crippen LogP contribution is -2.58. The summed E-state index contributed by atoms with van der Waals surface area (Å²) in [6, 6.07) is 4.06. The molecule has 3 N–H and O–H groups in total. The van der Waals surface area contributed by atoms with Crippen LogP contribution in [0.15, 0.2) is 24.3 Å². The molecule has 1 aliphatic heterocycles. The smallest absolute Gasteiger partial charge is 0.323 e.